The molecular formula is C10H10ClNS. The smallest absolute Gasteiger partial charge is 0.0523 e. The number of fused-ring (bicyclic) bond motifs is 1. The van der Waals surface area contributed by atoms with Crippen molar-refractivity contribution in [2.24, 2.45) is 0 Å². The summed E-state index contributed by atoms with van der Waals surface area (Å²) in [5.74, 6) is 0.923. The Morgan fingerprint density at radius 3 is 3.08 bits per heavy atom. The van der Waals surface area contributed by atoms with E-state index in [1.165, 1.54) is 4.90 Å². The lowest BCUT2D eigenvalue weighted by Crippen LogP contribution is -2.07. The Labute approximate surface area is 87.2 Å². The van der Waals surface area contributed by atoms with Crippen molar-refractivity contribution >= 4 is 29.1 Å². The van der Waals surface area contributed by atoms with Gasteiger partial charge >= 0.3 is 0 Å². The molecule has 1 nitrogen and oxygen atoms in total. The van der Waals surface area contributed by atoms with Crippen LogP contribution in [0.15, 0.2) is 29.3 Å². The highest BCUT2D eigenvalue weighted by molar-refractivity contribution is 7.99. The predicted octanol–water partition coefficient (Wildman–Crippen LogP) is 3.68. The molecule has 1 aromatic rings. The quantitative estimate of drug-likeness (QED) is 0.703. The molecule has 0 unspecified atom stereocenters. The predicted molar refractivity (Wildman–Crippen MR) is 59.7 cm³/mol. The van der Waals surface area contributed by atoms with E-state index < -0.39 is 0 Å². The largest absolute Gasteiger partial charge is 0.358 e. The van der Waals surface area contributed by atoms with Gasteiger partial charge in [0.25, 0.3) is 0 Å². The third-order valence-corrected chi connectivity index (χ3v) is 3.52. The van der Waals surface area contributed by atoms with Gasteiger partial charge in [-0.25, -0.2) is 0 Å². The van der Waals surface area contributed by atoms with Crippen LogP contribution >= 0.6 is 23.4 Å². The highest BCUT2D eigenvalue weighted by Gasteiger charge is 2.12. The molecule has 2 rings (SSSR count). The van der Waals surface area contributed by atoms with Crippen molar-refractivity contribution in [3.05, 3.63) is 35.0 Å². The molecule has 13 heavy (non-hydrogen) atoms. The fraction of sp³-hybridized carbons (Fsp3) is 0.200. The number of nitrogens with one attached hydrogen (secondary N) is 1. The molecule has 1 N–H and O–H groups in total. The van der Waals surface area contributed by atoms with E-state index in [-0.39, 0.29) is 0 Å². The topological polar surface area (TPSA) is 12.0 Å². The number of thioether (sulfide) groups is 1. The summed E-state index contributed by atoms with van der Waals surface area (Å²) in [4.78, 5) is 1.21. The average molecular weight is 212 g/mol. The Bertz CT molecular complexity index is 373. The lowest BCUT2D eigenvalue weighted by atomic mass is 10.2. The molecule has 0 fully saturated rings. The van der Waals surface area contributed by atoms with Gasteiger partial charge in [-0.2, -0.15) is 0 Å². The molecule has 1 aliphatic rings. The van der Waals surface area contributed by atoms with Gasteiger partial charge in [0, 0.05) is 21.4 Å². The zero-order chi connectivity index (χ0) is 9.42. The summed E-state index contributed by atoms with van der Waals surface area (Å²) in [6.45, 7) is 5.91. The third kappa shape index (κ3) is 1.69. The second-order valence-electron chi connectivity index (χ2n) is 3.11. The molecule has 0 saturated carbocycles. The molecule has 3 heteroatoms. The number of aryl methyl sites for hydroxylation is 1. The van der Waals surface area contributed by atoms with Crippen LogP contribution in [0.1, 0.15) is 5.56 Å². The maximum absolute atomic E-state index is 6.02. The van der Waals surface area contributed by atoms with E-state index in [1.807, 2.05) is 13.0 Å². The van der Waals surface area contributed by atoms with Crippen LogP contribution < -0.4 is 5.32 Å². The molecule has 0 aliphatic carbocycles. The monoisotopic (exact) mass is 211 g/mol. The summed E-state index contributed by atoms with van der Waals surface area (Å²) in [5, 5.41) is 4.09. The summed E-state index contributed by atoms with van der Waals surface area (Å²) in [6.07, 6.45) is 0. The summed E-state index contributed by atoms with van der Waals surface area (Å²) < 4.78 is 0. The highest BCUT2D eigenvalue weighted by Crippen LogP contribution is 2.37. The first-order chi connectivity index (χ1) is 6.16. The molecule has 0 saturated heterocycles. The van der Waals surface area contributed by atoms with E-state index in [1.54, 1.807) is 11.8 Å². The molecule has 0 spiro atoms. The first-order valence-corrected chi connectivity index (χ1v) is 5.41. The Morgan fingerprint density at radius 2 is 2.31 bits per heavy atom. The van der Waals surface area contributed by atoms with Gasteiger partial charge in [-0.15, -0.1) is 11.8 Å². The van der Waals surface area contributed by atoms with Crippen molar-refractivity contribution in [3.63, 3.8) is 0 Å². The first kappa shape index (κ1) is 8.97. The SMILES string of the molecule is C=C1CSc2cc(Cl)c(C)cc2N1. The lowest BCUT2D eigenvalue weighted by Gasteiger charge is -2.20. The maximum Gasteiger partial charge on any atom is 0.0523 e. The summed E-state index contributed by atoms with van der Waals surface area (Å²) >= 11 is 7.79. The van der Waals surface area contributed by atoms with Crippen molar-refractivity contribution in [2.75, 3.05) is 11.1 Å². The lowest BCUT2D eigenvalue weighted by molar-refractivity contribution is 1.28. The third-order valence-electron chi connectivity index (χ3n) is 1.97. The average Bonchev–Trinajstić information content (AvgIpc) is 2.08. The van der Waals surface area contributed by atoms with Gasteiger partial charge in [-0.1, -0.05) is 18.2 Å². The Balaban J connectivity index is 2.49. The molecule has 0 radical (unpaired) electrons. The van der Waals surface area contributed by atoms with Crippen molar-refractivity contribution in [1.29, 1.82) is 0 Å². The van der Waals surface area contributed by atoms with Crippen molar-refractivity contribution < 1.29 is 0 Å². The molecule has 1 aromatic carbocycles. The van der Waals surface area contributed by atoms with Crippen LogP contribution in [0, 0.1) is 6.92 Å². The summed E-state index contributed by atoms with van der Waals surface area (Å²) in [5.41, 5.74) is 3.28. The molecule has 0 atom stereocenters. The maximum atomic E-state index is 6.02. The van der Waals surface area contributed by atoms with E-state index in [4.69, 9.17) is 11.6 Å². The highest BCUT2D eigenvalue weighted by atomic mass is 35.5. The minimum absolute atomic E-state index is 0.834. The van der Waals surface area contributed by atoms with Crippen molar-refractivity contribution in [1.82, 2.24) is 0 Å². The normalized spacial score (nSPS) is 15.1. The van der Waals surface area contributed by atoms with Gasteiger partial charge in [0.05, 0.1) is 5.69 Å². The van der Waals surface area contributed by atoms with Crippen LogP contribution in [0.5, 0.6) is 0 Å². The molecule has 0 bridgehead atoms. The zero-order valence-electron chi connectivity index (χ0n) is 7.36. The molecule has 68 valence electrons. The van der Waals surface area contributed by atoms with Crippen LogP contribution in [-0.2, 0) is 0 Å². The van der Waals surface area contributed by atoms with E-state index in [9.17, 15) is 0 Å². The summed E-state index contributed by atoms with van der Waals surface area (Å²) in [6, 6.07) is 4.07. The zero-order valence-corrected chi connectivity index (χ0v) is 8.93. The Morgan fingerprint density at radius 1 is 1.54 bits per heavy atom. The minimum Gasteiger partial charge on any atom is -0.358 e. The number of benzene rings is 1. The van der Waals surface area contributed by atoms with E-state index >= 15 is 0 Å². The molecule has 1 aliphatic heterocycles. The van der Waals surface area contributed by atoms with Gasteiger partial charge in [-0.05, 0) is 24.6 Å². The Kier molecular flexibility index (Phi) is 2.26. The minimum atomic E-state index is 0.834. The van der Waals surface area contributed by atoms with Gasteiger partial charge < -0.3 is 5.32 Å². The fourth-order valence-corrected chi connectivity index (χ4v) is 2.37. The molecule has 0 amide bonds. The van der Waals surface area contributed by atoms with Crippen molar-refractivity contribution in [2.45, 2.75) is 11.8 Å². The molecule has 0 aromatic heterocycles. The van der Waals surface area contributed by atoms with E-state index in [0.717, 1.165) is 27.7 Å². The molecule has 1 heterocycles. The van der Waals surface area contributed by atoms with Gasteiger partial charge in [0.15, 0.2) is 0 Å². The van der Waals surface area contributed by atoms with E-state index in [0.29, 0.717) is 0 Å². The second kappa shape index (κ2) is 3.28. The summed E-state index contributed by atoms with van der Waals surface area (Å²) in [7, 11) is 0. The number of hydrogen-bond acceptors (Lipinski definition) is 2. The van der Waals surface area contributed by atoms with Gasteiger partial charge in [0.1, 0.15) is 0 Å². The number of hydrogen-bond donors (Lipinski definition) is 1. The van der Waals surface area contributed by atoms with Gasteiger partial charge in [-0.3, -0.25) is 0 Å². The van der Waals surface area contributed by atoms with Crippen LogP contribution in [-0.4, -0.2) is 5.75 Å². The fourth-order valence-electron chi connectivity index (χ4n) is 1.27. The number of rotatable bonds is 0. The van der Waals surface area contributed by atoms with Crippen LogP contribution in [0.3, 0.4) is 0 Å². The van der Waals surface area contributed by atoms with E-state index in [2.05, 4.69) is 18.0 Å². The van der Waals surface area contributed by atoms with Crippen molar-refractivity contribution in [3.8, 4) is 0 Å². The van der Waals surface area contributed by atoms with Crippen LogP contribution in [0.4, 0.5) is 5.69 Å². The molecular weight excluding hydrogens is 202 g/mol. The standard InChI is InChI=1S/C10H10ClNS/c1-6-3-9-10(4-8(6)11)13-5-7(2)12-9/h3-4,12H,2,5H2,1H3. The number of anilines is 1. The van der Waals surface area contributed by atoms with Crippen LogP contribution in [0.25, 0.3) is 0 Å². The van der Waals surface area contributed by atoms with Gasteiger partial charge in [0.2, 0.25) is 0 Å². The van der Waals surface area contributed by atoms with Crippen LogP contribution in [0.2, 0.25) is 5.02 Å². The Hall–Kier alpha value is -0.600. The number of halogens is 1. The second-order valence-corrected chi connectivity index (χ2v) is 4.54. The first-order valence-electron chi connectivity index (χ1n) is 4.04.